The Bertz CT molecular complexity index is 448. The van der Waals surface area contributed by atoms with Crippen LogP contribution < -0.4 is 0 Å². The normalized spacial score (nSPS) is 13.3. The van der Waals surface area contributed by atoms with Crippen LogP contribution in [0.15, 0.2) is 35.1 Å². The van der Waals surface area contributed by atoms with Crippen LogP contribution in [0.4, 0.5) is 0 Å². The van der Waals surface area contributed by atoms with E-state index >= 15 is 0 Å². The van der Waals surface area contributed by atoms with Gasteiger partial charge in [-0.1, -0.05) is 41.9 Å². The molecule has 0 aliphatic heterocycles. The zero-order chi connectivity index (χ0) is 13.6. The van der Waals surface area contributed by atoms with Crippen molar-refractivity contribution in [2.75, 3.05) is 13.2 Å². The van der Waals surface area contributed by atoms with Crippen LogP contribution in [0, 0.1) is 0 Å². The number of hydrogen-bond acceptors (Lipinski definition) is 4. The highest BCUT2D eigenvalue weighted by Gasteiger charge is 2.32. The lowest BCUT2D eigenvalue weighted by Gasteiger charge is -2.17. The largest absolute Gasteiger partial charge is 0.505 e. The maximum atomic E-state index is 12.3. The van der Waals surface area contributed by atoms with Gasteiger partial charge in [0.25, 0.3) is 0 Å². The third-order valence-corrected chi connectivity index (χ3v) is 4.77. The van der Waals surface area contributed by atoms with Gasteiger partial charge in [-0.2, -0.15) is 0 Å². The van der Waals surface area contributed by atoms with Gasteiger partial charge in [0.05, 0.1) is 13.2 Å². The second kappa shape index (κ2) is 6.95. The highest BCUT2D eigenvalue weighted by Crippen LogP contribution is 2.59. The van der Waals surface area contributed by atoms with Crippen molar-refractivity contribution in [1.82, 2.24) is 0 Å². The molecule has 0 saturated heterocycles. The predicted molar refractivity (Wildman–Crippen MR) is 72.7 cm³/mol. The maximum absolute atomic E-state index is 12.3. The number of rotatable bonds is 6. The number of benzene rings is 1. The van der Waals surface area contributed by atoms with Crippen LogP contribution >= 0.6 is 19.2 Å². The fourth-order valence-corrected chi connectivity index (χ4v) is 3.11. The van der Waals surface area contributed by atoms with E-state index in [4.69, 9.17) is 20.6 Å². The molecule has 1 N–H and O–H groups in total. The Morgan fingerprint density at radius 2 is 1.72 bits per heavy atom. The molecule has 0 fully saturated rings. The molecule has 0 atom stereocenters. The van der Waals surface area contributed by atoms with Crippen LogP contribution in [0.3, 0.4) is 0 Å². The highest BCUT2D eigenvalue weighted by atomic mass is 35.5. The van der Waals surface area contributed by atoms with Gasteiger partial charge in [0, 0.05) is 5.56 Å². The van der Waals surface area contributed by atoms with Crippen LogP contribution in [0.1, 0.15) is 19.4 Å². The monoisotopic (exact) mass is 290 g/mol. The van der Waals surface area contributed by atoms with Crippen molar-refractivity contribution in [3.8, 4) is 0 Å². The Kier molecular flexibility index (Phi) is 5.89. The van der Waals surface area contributed by atoms with Crippen molar-refractivity contribution in [2.45, 2.75) is 13.8 Å². The third kappa shape index (κ3) is 3.59. The van der Waals surface area contributed by atoms with Gasteiger partial charge in [0.1, 0.15) is 5.76 Å². The van der Waals surface area contributed by atoms with Crippen LogP contribution in [-0.4, -0.2) is 18.3 Å². The van der Waals surface area contributed by atoms with Crippen molar-refractivity contribution in [3.63, 3.8) is 0 Å². The summed E-state index contributed by atoms with van der Waals surface area (Å²) in [5.74, 6) is -0.289. The molecule has 1 rings (SSSR count). The molecule has 0 radical (unpaired) electrons. The summed E-state index contributed by atoms with van der Waals surface area (Å²) in [7, 11) is -3.64. The number of aliphatic hydroxyl groups excluding tert-OH is 1. The average Bonchev–Trinajstić information content (AvgIpc) is 2.38. The predicted octanol–water partition coefficient (Wildman–Crippen LogP) is 4.38. The Labute approximate surface area is 112 Å². The first-order valence-corrected chi connectivity index (χ1v) is 7.51. The topological polar surface area (TPSA) is 55.8 Å². The Morgan fingerprint density at radius 3 is 2.17 bits per heavy atom. The minimum Gasteiger partial charge on any atom is -0.505 e. The van der Waals surface area contributed by atoms with E-state index in [0.717, 1.165) is 0 Å². The summed E-state index contributed by atoms with van der Waals surface area (Å²) in [6, 6.07) is 8.58. The Morgan fingerprint density at radius 1 is 1.22 bits per heavy atom. The number of hydrogen-bond donors (Lipinski definition) is 1. The molecule has 0 aliphatic rings. The zero-order valence-electron chi connectivity index (χ0n) is 10.3. The summed E-state index contributed by atoms with van der Waals surface area (Å²) < 4.78 is 22.2. The van der Waals surface area contributed by atoms with E-state index in [1.165, 1.54) is 0 Å². The molecule has 0 heterocycles. The molecular formula is C12H16ClO4P. The van der Waals surface area contributed by atoms with Gasteiger partial charge in [-0.3, -0.25) is 4.57 Å². The summed E-state index contributed by atoms with van der Waals surface area (Å²) in [6.07, 6.45) is 0. The third-order valence-electron chi connectivity index (χ3n) is 2.08. The average molecular weight is 291 g/mol. The Balaban J connectivity index is 3.15. The smallest absolute Gasteiger partial charge is 0.376 e. The first-order valence-electron chi connectivity index (χ1n) is 5.59. The lowest BCUT2D eigenvalue weighted by molar-refractivity contribution is 0.227. The molecule has 0 amide bonds. The maximum Gasteiger partial charge on any atom is 0.376 e. The summed E-state index contributed by atoms with van der Waals surface area (Å²) in [5, 5.41) is 9.99. The standard InChI is InChI=1S/C12H16ClO4P/c1-3-16-18(15,17-4-2)12(13)11(14)10-8-6-5-7-9-10/h5-9,14H,3-4H2,1-2H3/b12-11-. The van der Waals surface area contributed by atoms with Crippen molar-refractivity contribution in [2.24, 2.45) is 0 Å². The van der Waals surface area contributed by atoms with Gasteiger partial charge in [-0.15, -0.1) is 0 Å². The van der Waals surface area contributed by atoms with Crippen LogP contribution in [0.25, 0.3) is 5.76 Å². The van der Waals surface area contributed by atoms with E-state index in [1.807, 2.05) is 0 Å². The van der Waals surface area contributed by atoms with Crippen molar-refractivity contribution >= 4 is 25.0 Å². The quantitative estimate of drug-likeness (QED) is 0.624. The fourth-order valence-electron chi connectivity index (χ4n) is 1.34. The molecule has 0 aliphatic carbocycles. The minimum atomic E-state index is -3.64. The van der Waals surface area contributed by atoms with Gasteiger partial charge >= 0.3 is 7.60 Å². The van der Waals surface area contributed by atoms with Gasteiger partial charge in [-0.25, -0.2) is 0 Å². The molecular weight excluding hydrogens is 275 g/mol. The molecule has 4 nitrogen and oxygen atoms in total. The lowest BCUT2D eigenvalue weighted by atomic mass is 10.2. The van der Waals surface area contributed by atoms with Gasteiger partial charge < -0.3 is 14.2 Å². The molecule has 0 saturated carbocycles. The van der Waals surface area contributed by atoms with Crippen molar-refractivity contribution in [3.05, 3.63) is 40.7 Å². The van der Waals surface area contributed by atoms with E-state index in [-0.39, 0.29) is 23.7 Å². The second-order valence-corrected chi connectivity index (χ2v) is 5.94. The second-order valence-electron chi connectivity index (χ2n) is 3.34. The summed E-state index contributed by atoms with van der Waals surface area (Å²) in [4.78, 5) is 0. The minimum absolute atomic E-state index is 0.176. The zero-order valence-corrected chi connectivity index (χ0v) is 11.9. The van der Waals surface area contributed by atoms with Crippen LogP contribution in [0.2, 0.25) is 0 Å². The molecule has 0 spiro atoms. The molecule has 0 bridgehead atoms. The highest BCUT2D eigenvalue weighted by molar-refractivity contribution is 7.61. The van der Waals surface area contributed by atoms with E-state index in [1.54, 1.807) is 44.2 Å². The van der Waals surface area contributed by atoms with E-state index in [0.29, 0.717) is 5.56 Å². The number of halogens is 1. The van der Waals surface area contributed by atoms with Gasteiger partial charge in [-0.05, 0) is 13.8 Å². The molecule has 6 heteroatoms. The van der Waals surface area contributed by atoms with Crippen molar-refractivity contribution in [1.29, 1.82) is 0 Å². The molecule has 0 aromatic heterocycles. The van der Waals surface area contributed by atoms with Crippen LogP contribution in [-0.2, 0) is 13.6 Å². The summed E-state index contributed by atoms with van der Waals surface area (Å²) in [5.41, 5.74) is 0.460. The van der Waals surface area contributed by atoms with E-state index in [9.17, 15) is 9.67 Å². The molecule has 18 heavy (non-hydrogen) atoms. The SMILES string of the molecule is CCOP(=O)(OCC)/C(Cl)=C(\O)c1ccccc1. The molecule has 0 unspecified atom stereocenters. The summed E-state index contributed by atoms with van der Waals surface area (Å²) in [6.45, 7) is 3.70. The fraction of sp³-hybridized carbons (Fsp3) is 0.333. The molecule has 1 aromatic carbocycles. The molecule has 100 valence electrons. The summed E-state index contributed by atoms with van der Waals surface area (Å²) >= 11 is 5.95. The van der Waals surface area contributed by atoms with Gasteiger partial charge in [0.2, 0.25) is 0 Å². The van der Waals surface area contributed by atoms with Crippen LogP contribution in [0.5, 0.6) is 0 Å². The van der Waals surface area contributed by atoms with E-state index in [2.05, 4.69) is 0 Å². The Hall–Kier alpha value is -0.800. The van der Waals surface area contributed by atoms with Crippen molar-refractivity contribution < 1.29 is 18.7 Å². The number of aliphatic hydroxyl groups is 1. The van der Waals surface area contributed by atoms with E-state index < -0.39 is 7.60 Å². The lowest BCUT2D eigenvalue weighted by Crippen LogP contribution is -1.98. The first kappa shape index (κ1) is 15.3. The first-order chi connectivity index (χ1) is 8.55. The molecule has 1 aromatic rings. The van der Waals surface area contributed by atoms with Gasteiger partial charge in [0.15, 0.2) is 4.77 Å².